The molecule has 2 aromatic rings. The SMILES string of the molecule is CCOC(=O)/C=C/c1cc(=O)n(CC=O)c2cc(C)ccc12. The molecule has 1 aromatic heterocycles. The van der Waals surface area contributed by atoms with Crippen molar-refractivity contribution in [3.05, 3.63) is 51.8 Å². The first-order chi connectivity index (χ1) is 10.6. The lowest BCUT2D eigenvalue weighted by Gasteiger charge is -2.10. The fourth-order valence-electron chi connectivity index (χ4n) is 2.27. The molecule has 0 amide bonds. The fraction of sp³-hybridized carbons (Fsp3) is 0.235. The smallest absolute Gasteiger partial charge is 0.330 e. The summed E-state index contributed by atoms with van der Waals surface area (Å²) in [6, 6.07) is 7.05. The van der Waals surface area contributed by atoms with E-state index in [4.69, 9.17) is 4.74 Å². The molecule has 0 aliphatic rings. The normalized spacial score (nSPS) is 11.0. The van der Waals surface area contributed by atoms with Gasteiger partial charge in [0.05, 0.1) is 18.7 Å². The van der Waals surface area contributed by atoms with E-state index in [0.717, 1.165) is 10.9 Å². The zero-order valence-corrected chi connectivity index (χ0v) is 12.5. The number of hydrogen-bond donors (Lipinski definition) is 0. The van der Waals surface area contributed by atoms with Gasteiger partial charge in [0, 0.05) is 17.5 Å². The molecule has 0 bridgehead atoms. The second-order valence-corrected chi connectivity index (χ2v) is 4.82. The predicted octanol–water partition coefficient (Wildman–Crippen LogP) is 2.09. The van der Waals surface area contributed by atoms with Gasteiger partial charge >= 0.3 is 5.97 Å². The van der Waals surface area contributed by atoms with Crippen LogP contribution in [-0.4, -0.2) is 23.4 Å². The van der Waals surface area contributed by atoms with Gasteiger partial charge in [0.15, 0.2) is 0 Å². The van der Waals surface area contributed by atoms with Crippen molar-refractivity contribution < 1.29 is 14.3 Å². The molecular formula is C17H17NO4. The van der Waals surface area contributed by atoms with E-state index >= 15 is 0 Å². The van der Waals surface area contributed by atoms with Crippen molar-refractivity contribution in [1.29, 1.82) is 0 Å². The lowest BCUT2D eigenvalue weighted by molar-refractivity contribution is -0.137. The minimum absolute atomic E-state index is 0.000652. The molecule has 0 N–H and O–H groups in total. The highest BCUT2D eigenvalue weighted by Gasteiger charge is 2.08. The summed E-state index contributed by atoms with van der Waals surface area (Å²) in [6.45, 7) is 3.94. The first-order valence-electron chi connectivity index (χ1n) is 6.99. The Balaban J connectivity index is 2.61. The number of carbonyl (C=O) groups is 2. The van der Waals surface area contributed by atoms with Crippen molar-refractivity contribution in [2.45, 2.75) is 20.4 Å². The topological polar surface area (TPSA) is 65.4 Å². The van der Waals surface area contributed by atoms with Crippen molar-refractivity contribution in [3.63, 3.8) is 0 Å². The average Bonchev–Trinajstić information content (AvgIpc) is 2.48. The Morgan fingerprint density at radius 3 is 2.77 bits per heavy atom. The van der Waals surface area contributed by atoms with Crippen molar-refractivity contribution in [2.24, 2.45) is 0 Å². The Labute approximate surface area is 127 Å². The van der Waals surface area contributed by atoms with E-state index < -0.39 is 5.97 Å². The monoisotopic (exact) mass is 299 g/mol. The summed E-state index contributed by atoms with van der Waals surface area (Å²) >= 11 is 0. The zero-order chi connectivity index (χ0) is 16.1. The van der Waals surface area contributed by atoms with Gasteiger partial charge in [-0.05, 0) is 37.1 Å². The molecule has 0 spiro atoms. The lowest BCUT2D eigenvalue weighted by atomic mass is 10.1. The molecule has 0 aliphatic carbocycles. The molecule has 0 atom stereocenters. The zero-order valence-electron chi connectivity index (χ0n) is 12.5. The second kappa shape index (κ2) is 6.85. The van der Waals surface area contributed by atoms with Crippen LogP contribution in [0.2, 0.25) is 0 Å². The molecule has 2 rings (SSSR count). The number of aldehydes is 1. The van der Waals surface area contributed by atoms with Crippen LogP contribution in [0.25, 0.3) is 17.0 Å². The van der Waals surface area contributed by atoms with E-state index in [9.17, 15) is 14.4 Å². The van der Waals surface area contributed by atoms with Gasteiger partial charge in [-0.2, -0.15) is 0 Å². The Bertz CT molecular complexity index is 802. The Morgan fingerprint density at radius 2 is 2.09 bits per heavy atom. The Kier molecular flexibility index (Phi) is 4.88. The summed E-state index contributed by atoms with van der Waals surface area (Å²) in [4.78, 5) is 34.4. The third-order valence-electron chi connectivity index (χ3n) is 3.24. The number of pyridine rings is 1. The maximum absolute atomic E-state index is 12.2. The summed E-state index contributed by atoms with van der Waals surface area (Å²) in [5.74, 6) is -0.458. The van der Waals surface area contributed by atoms with Crippen molar-refractivity contribution >= 4 is 29.2 Å². The van der Waals surface area contributed by atoms with E-state index in [1.807, 2.05) is 25.1 Å². The average molecular weight is 299 g/mol. The summed E-state index contributed by atoms with van der Waals surface area (Å²) in [7, 11) is 0. The minimum Gasteiger partial charge on any atom is -0.463 e. The molecule has 0 unspecified atom stereocenters. The lowest BCUT2D eigenvalue weighted by Crippen LogP contribution is -2.21. The second-order valence-electron chi connectivity index (χ2n) is 4.82. The predicted molar refractivity (Wildman–Crippen MR) is 84.7 cm³/mol. The maximum atomic E-state index is 12.2. The number of carbonyl (C=O) groups excluding carboxylic acids is 2. The van der Waals surface area contributed by atoms with Crippen molar-refractivity contribution in [2.75, 3.05) is 6.61 Å². The van der Waals surface area contributed by atoms with Crippen LogP contribution in [0.1, 0.15) is 18.1 Å². The maximum Gasteiger partial charge on any atom is 0.330 e. The van der Waals surface area contributed by atoms with E-state index in [1.54, 1.807) is 13.0 Å². The van der Waals surface area contributed by atoms with Gasteiger partial charge < -0.3 is 14.1 Å². The quantitative estimate of drug-likeness (QED) is 0.482. The van der Waals surface area contributed by atoms with Gasteiger partial charge in [-0.1, -0.05) is 12.1 Å². The molecule has 0 fully saturated rings. The number of aromatic nitrogens is 1. The first kappa shape index (κ1) is 15.7. The highest BCUT2D eigenvalue weighted by molar-refractivity contribution is 5.93. The van der Waals surface area contributed by atoms with Crippen LogP contribution in [0, 0.1) is 6.92 Å². The molecule has 22 heavy (non-hydrogen) atoms. The molecule has 1 aromatic carbocycles. The van der Waals surface area contributed by atoms with Crippen LogP contribution < -0.4 is 5.56 Å². The van der Waals surface area contributed by atoms with Gasteiger partial charge in [-0.25, -0.2) is 4.79 Å². The minimum atomic E-state index is -0.458. The number of rotatable bonds is 5. The molecule has 0 aliphatic heterocycles. The summed E-state index contributed by atoms with van der Waals surface area (Å²) in [5, 5.41) is 0.799. The van der Waals surface area contributed by atoms with Crippen LogP contribution in [0.15, 0.2) is 35.1 Å². The molecule has 0 radical (unpaired) electrons. The largest absolute Gasteiger partial charge is 0.463 e. The molecule has 114 valence electrons. The molecule has 1 heterocycles. The number of esters is 1. The standard InChI is InChI=1S/C17H17NO4/c1-3-22-17(21)7-5-13-11-16(20)18(8-9-19)15-10-12(2)4-6-14(13)15/h4-7,9-11H,3,8H2,1-2H3/b7-5+. The van der Waals surface area contributed by atoms with Crippen LogP contribution in [0.4, 0.5) is 0 Å². The number of ether oxygens (including phenoxy) is 1. The molecule has 5 heteroatoms. The molecule has 0 saturated heterocycles. The van der Waals surface area contributed by atoms with Gasteiger partial charge in [0.1, 0.15) is 6.29 Å². The summed E-state index contributed by atoms with van der Waals surface area (Å²) < 4.78 is 6.25. The van der Waals surface area contributed by atoms with Gasteiger partial charge in [-0.15, -0.1) is 0 Å². The van der Waals surface area contributed by atoms with Crippen molar-refractivity contribution in [3.8, 4) is 0 Å². The summed E-state index contributed by atoms with van der Waals surface area (Å²) in [6.07, 6.45) is 3.54. The van der Waals surface area contributed by atoms with Crippen LogP contribution in [-0.2, 0) is 20.9 Å². The molecule has 0 saturated carbocycles. The van der Waals surface area contributed by atoms with E-state index in [1.165, 1.54) is 16.7 Å². The third-order valence-corrected chi connectivity index (χ3v) is 3.24. The fourth-order valence-corrected chi connectivity index (χ4v) is 2.27. The Hall–Kier alpha value is -2.69. The van der Waals surface area contributed by atoms with Crippen LogP contribution in [0.3, 0.4) is 0 Å². The van der Waals surface area contributed by atoms with E-state index in [-0.39, 0.29) is 12.1 Å². The highest BCUT2D eigenvalue weighted by Crippen LogP contribution is 2.20. The number of fused-ring (bicyclic) bond motifs is 1. The van der Waals surface area contributed by atoms with Gasteiger partial charge in [-0.3, -0.25) is 4.79 Å². The Morgan fingerprint density at radius 1 is 1.32 bits per heavy atom. The number of hydrogen-bond acceptors (Lipinski definition) is 4. The number of aryl methyl sites for hydroxylation is 1. The summed E-state index contributed by atoms with van der Waals surface area (Å²) in [5.41, 5.74) is 1.99. The van der Waals surface area contributed by atoms with E-state index in [2.05, 4.69) is 0 Å². The van der Waals surface area contributed by atoms with Gasteiger partial charge in [0.25, 0.3) is 5.56 Å². The van der Waals surface area contributed by atoms with Crippen LogP contribution in [0.5, 0.6) is 0 Å². The van der Waals surface area contributed by atoms with Crippen LogP contribution >= 0.6 is 0 Å². The van der Waals surface area contributed by atoms with Crippen molar-refractivity contribution in [1.82, 2.24) is 4.57 Å². The first-order valence-corrected chi connectivity index (χ1v) is 6.99. The number of benzene rings is 1. The molecular weight excluding hydrogens is 282 g/mol. The molecule has 5 nitrogen and oxygen atoms in total. The highest BCUT2D eigenvalue weighted by atomic mass is 16.5. The van der Waals surface area contributed by atoms with Gasteiger partial charge in [0.2, 0.25) is 0 Å². The number of nitrogens with zero attached hydrogens (tertiary/aromatic N) is 1. The van der Waals surface area contributed by atoms with E-state index in [0.29, 0.717) is 24.0 Å². The third kappa shape index (κ3) is 3.31.